The second kappa shape index (κ2) is 10.3. The summed E-state index contributed by atoms with van der Waals surface area (Å²) in [5.74, 6) is 0. The molecule has 0 amide bonds. The van der Waals surface area contributed by atoms with Gasteiger partial charge in [-0.25, -0.2) is 0 Å². The molecule has 10 aromatic rings. The van der Waals surface area contributed by atoms with Gasteiger partial charge in [-0.05, 0) is 81.9 Å². The van der Waals surface area contributed by atoms with Crippen molar-refractivity contribution in [3.63, 3.8) is 0 Å². The molecule has 0 N–H and O–H groups in total. The number of thiophene rings is 1. The van der Waals surface area contributed by atoms with Gasteiger partial charge in [-0.1, -0.05) is 115 Å². The first-order chi connectivity index (χ1) is 23.3. The van der Waals surface area contributed by atoms with Crippen LogP contribution in [-0.4, -0.2) is 4.57 Å². The number of hydrogen-bond acceptors (Lipinski definition) is 2. The molecule has 0 unspecified atom stereocenters. The van der Waals surface area contributed by atoms with Crippen LogP contribution in [-0.2, 0) is 0 Å². The third-order valence-electron chi connectivity index (χ3n) is 9.42. The van der Waals surface area contributed by atoms with Gasteiger partial charge < -0.3 is 8.98 Å². The SMILES string of the molecule is c1ccc(-c2ccc3sc4c(-c5ccc(-c6ccc7oc8c9ccccc9n(-c9ccccc9)c8c7c6)cc5)cccc4c3c2)cc1. The first-order valence-electron chi connectivity index (χ1n) is 15.9. The van der Waals surface area contributed by atoms with E-state index in [1.165, 1.54) is 53.6 Å². The minimum Gasteiger partial charge on any atom is -0.454 e. The summed E-state index contributed by atoms with van der Waals surface area (Å²) >= 11 is 1.88. The summed E-state index contributed by atoms with van der Waals surface area (Å²) in [6.07, 6.45) is 0. The molecule has 0 saturated heterocycles. The highest BCUT2D eigenvalue weighted by molar-refractivity contribution is 7.26. The number of benzene rings is 7. The number of furan rings is 1. The summed E-state index contributed by atoms with van der Waals surface area (Å²) in [7, 11) is 0. The average molecular weight is 618 g/mol. The molecular weight excluding hydrogens is 591 g/mol. The van der Waals surface area contributed by atoms with E-state index in [0.29, 0.717) is 0 Å². The molecule has 0 bridgehead atoms. The fraction of sp³-hybridized carbons (Fsp3) is 0. The van der Waals surface area contributed by atoms with Crippen LogP contribution in [0.1, 0.15) is 0 Å². The lowest BCUT2D eigenvalue weighted by Crippen LogP contribution is -1.92. The number of aromatic nitrogens is 1. The zero-order valence-electron chi connectivity index (χ0n) is 25.4. The zero-order chi connectivity index (χ0) is 30.9. The molecule has 10 rings (SSSR count). The van der Waals surface area contributed by atoms with Gasteiger partial charge in [0.25, 0.3) is 0 Å². The lowest BCUT2D eigenvalue weighted by molar-refractivity contribution is 0.673. The quantitative estimate of drug-likeness (QED) is 0.192. The van der Waals surface area contributed by atoms with Crippen molar-refractivity contribution in [1.82, 2.24) is 4.57 Å². The lowest BCUT2D eigenvalue weighted by atomic mass is 9.98. The number of rotatable bonds is 4. The number of nitrogens with zero attached hydrogens (tertiary/aromatic N) is 1. The molecule has 47 heavy (non-hydrogen) atoms. The van der Waals surface area contributed by atoms with E-state index < -0.39 is 0 Å². The van der Waals surface area contributed by atoms with Gasteiger partial charge >= 0.3 is 0 Å². The van der Waals surface area contributed by atoms with E-state index >= 15 is 0 Å². The summed E-state index contributed by atoms with van der Waals surface area (Å²) in [5.41, 5.74) is 12.6. The van der Waals surface area contributed by atoms with E-state index in [9.17, 15) is 0 Å². The van der Waals surface area contributed by atoms with Gasteiger partial charge in [-0.3, -0.25) is 0 Å². The Morgan fingerprint density at radius 3 is 1.91 bits per heavy atom. The van der Waals surface area contributed by atoms with Crippen molar-refractivity contribution in [2.24, 2.45) is 0 Å². The Bertz CT molecular complexity index is 2770. The fourth-order valence-electron chi connectivity index (χ4n) is 7.17. The Labute approximate surface area is 275 Å². The molecule has 3 aromatic heterocycles. The minimum absolute atomic E-state index is 0.901. The second-order valence-corrected chi connectivity index (χ2v) is 13.2. The normalized spacial score (nSPS) is 11.8. The van der Waals surface area contributed by atoms with Crippen LogP contribution in [0.15, 0.2) is 168 Å². The summed E-state index contributed by atoms with van der Waals surface area (Å²) in [6, 6.07) is 58.9. The molecule has 220 valence electrons. The molecule has 0 aliphatic heterocycles. The van der Waals surface area contributed by atoms with Crippen molar-refractivity contribution >= 4 is 64.5 Å². The molecule has 0 aliphatic carbocycles. The summed E-state index contributed by atoms with van der Waals surface area (Å²) < 4.78 is 11.5. The highest BCUT2D eigenvalue weighted by Gasteiger charge is 2.20. The molecule has 3 heterocycles. The Morgan fingerprint density at radius 1 is 0.447 bits per heavy atom. The largest absolute Gasteiger partial charge is 0.454 e. The smallest absolute Gasteiger partial charge is 0.161 e. The van der Waals surface area contributed by atoms with E-state index in [4.69, 9.17) is 4.42 Å². The monoisotopic (exact) mass is 617 g/mol. The van der Waals surface area contributed by atoms with Crippen LogP contribution in [0.25, 0.3) is 92.2 Å². The van der Waals surface area contributed by atoms with E-state index in [2.05, 4.69) is 168 Å². The van der Waals surface area contributed by atoms with Crippen molar-refractivity contribution in [2.75, 3.05) is 0 Å². The Balaban J connectivity index is 1.07. The highest BCUT2D eigenvalue weighted by atomic mass is 32.1. The van der Waals surface area contributed by atoms with Crippen LogP contribution in [0.2, 0.25) is 0 Å². The topological polar surface area (TPSA) is 18.1 Å². The second-order valence-electron chi connectivity index (χ2n) is 12.1. The lowest BCUT2D eigenvalue weighted by Gasteiger charge is -2.08. The predicted octanol–water partition coefficient (Wildman–Crippen LogP) is 12.9. The molecule has 0 atom stereocenters. The molecule has 2 nitrogen and oxygen atoms in total. The van der Waals surface area contributed by atoms with Crippen LogP contribution in [0, 0.1) is 0 Å². The van der Waals surface area contributed by atoms with Gasteiger partial charge in [0.2, 0.25) is 0 Å². The van der Waals surface area contributed by atoms with Gasteiger partial charge in [0.15, 0.2) is 5.58 Å². The zero-order valence-corrected chi connectivity index (χ0v) is 26.2. The minimum atomic E-state index is 0.901. The van der Waals surface area contributed by atoms with Crippen molar-refractivity contribution < 1.29 is 4.42 Å². The Morgan fingerprint density at radius 2 is 1.09 bits per heavy atom. The standard InChI is InChI=1S/C44H27NOS/c1-3-10-28(11-4-1)32-23-25-41-37(26-32)35-16-9-15-34(44(35)47-41)30-20-18-29(19-21-30)31-22-24-40-38(27-31)42-43(46-40)36-14-7-8-17-39(36)45(42)33-12-5-2-6-13-33/h1-27H. The van der Waals surface area contributed by atoms with Crippen molar-refractivity contribution in [3.8, 4) is 39.1 Å². The third kappa shape index (κ3) is 4.10. The van der Waals surface area contributed by atoms with E-state index in [1.54, 1.807) is 0 Å². The van der Waals surface area contributed by atoms with Gasteiger partial charge in [0.1, 0.15) is 11.1 Å². The van der Waals surface area contributed by atoms with Gasteiger partial charge in [0, 0.05) is 36.6 Å². The van der Waals surface area contributed by atoms with Crippen molar-refractivity contribution in [1.29, 1.82) is 0 Å². The maximum atomic E-state index is 6.51. The molecule has 0 radical (unpaired) electrons. The molecular formula is C44H27NOS. The van der Waals surface area contributed by atoms with Gasteiger partial charge in [-0.15, -0.1) is 11.3 Å². The molecule has 0 aliphatic rings. The first-order valence-corrected chi connectivity index (χ1v) is 16.7. The number of fused-ring (bicyclic) bond motifs is 8. The fourth-order valence-corrected chi connectivity index (χ4v) is 8.39. The summed E-state index contributed by atoms with van der Waals surface area (Å²) in [5, 5.41) is 4.87. The Hall–Kier alpha value is -5.90. The van der Waals surface area contributed by atoms with Crippen LogP contribution >= 0.6 is 11.3 Å². The Kier molecular flexibility index (Phi) is 5.78. The predicted molar refractivity (Wildman–Crippen MR) is 200 cm³/mol. The maximum Gasteiger partial charge on any atom is 0.161 e. The average Bonchev–Trinajstić information content (AvgIpc) is 3.81. The summed E-state index contributed by atoms with van der Waals surface area (Å²) in [4.78, 5) is 0. The highest BCUT2D eigenvalue weighted by Crippen LogP contribution is 2.43. The van der Waals surface area contributed by atoms with Gasteiger partial charge in [-0.2, -0.15) is 0 Å². The van der Waals surface area contributed by atoms with Crippen LogP contribution in [0.4, 0.5) is 0 Å². The number of para-hydroxylation sites is 2. The van der Waals surface area contributed by atoms with E-state index in [-0.39, 0.29) is 0 Å². The van der Waals surface area contributed by atoms with Crippen molar-refractivity contribution in [2.45, 2.75) is 0 Å². The molecule has 7 aromatic carbocycles. The molecule has 0 spiro atoms. The van der Waals surface area contributed by atoms with Gasteiger partial charge in [0.05, 0.1) is 5.52 Å². The third-order valence-corrected chi connectivity index (χ3v) is 10.6. The van der Waals surface area contributed by atoms with Crippen LogP contribution < -0.4 is 0 Å². The molecule has 3 heteroatoms. The summed E-state index contributed by atoms with van der Waals surface area (Å²) in [6.45, 7) is 0. The first kappa shape index (κ1) is 26.3. The van der Waals surface area contributed by atoms with Crippen LogP contribution in [0.5, 0.6) is 0 Å². The molecule has 0 saturated carbocycles. The van der Waals surface area contributed by atoms with E-state index in [0.717, 1.165) is 38.7 Å². The van der Waals surface area contributed by atoms with E-state index in [1.807, 2.05) is 11.3 Å². The van der Waals surface area contributed by atoms with Crippen molar-refractivity contribution in [3.05, 3.63) is 164 Å². The number of hydrogen-bond donors (Lipinski definition) is 0. The maximum absolute atomic E-state index is 6.51. The van der Waals surface area contributed by atoms with Crippen LogP contribution in [0.3, 0.4) is 0 Å². The molecule has 0 fully saturated rings.